The standard InChI is InChI=1S/C18H23N5/c1-11(2)12-6-8-13(9-7-12)15-14-16(19)20-10-21-17(14)23(22-15)18(3,4)5/h6-11H,1-5H3,(H2,19,20,21). The second-order valence-electron chi connectivity index (χ2n) is 7.17. The first kappa shape index (κ1) is 15.5. The third-order valence-electron chi connectivity index (χ3n) is 3.98. The number of aromatic nitrogens is 4. The van der Waals surface area contributed by atoms with E-state index in [4.69, 9.17) is 10.8 Å². The summed E-state index contributed by atoms with van der Waals surface area (Å²) in [4.78, 5) is 8.56. The Morgan fingerprint density at radius 3 is 2.26 bits per heavy atom. The molecule has 0 amide bonds. The zero-order chi connectivity index (χ0) is 16.8. The molecule has 5 heteroatoms. The highest BCUT2D eigenvalue weighted by atomic mass is 15.3. The average molecular weight is 309 g/mol. The Bertz CT molecular complexity index is 838. The lowest BCUT2D eigenvalue weighted by atomic mass is 10.0. The molecule has 2 N–H and O–H groups in total. The zero-order valence-electron chi connectivity index (χ0n) is 14.3. The number of fused-ring (bicyclic) bond motifs is 1. The van der Waals surface area contributed by atoms with E-state index in [1.54, 1.807) is 0 Å². The van der Waals surface area contributed by atoms with Crippen LogP contribution in [0.1, 0.15) is 46.1 Å². The smallest absolute Gasteiger partial charge is 0.164 e. The predicted octanol–water partition coefficient (Wildman–Crippen LogP) is 3.95. The maximum atomic E-state index is 6.12. The molecule has 0 aliphatic carbocycles. The molecular formula is C18H23N5. The summed E-state index contributed by atoms with van der Waals surface area (Å²) in [5.74, 6) is 0.967. The van der Waals surface area contributed by atoms with Crippen molar-refractivity contribution in [2.45, 2.75) is 46.1 Å². The van der Waals surface area contributed by atoms with Gasteiger partial charge in [-0.2, -0.15) is 5.10 Å². The Morgan fingerprint density at radius 1 is 1.04 bits per heavy atom. The lowest BCUT2D eigenvalue weighted by Crippen LogP contribution is -2.23. The van der Waals surface area contributed by atoms with E-state index in [0.717, 1.165) is 22.3 Å². The van der Waals surface area contributed by atoms with Gasteiger partial charge in [-0.1, -0.05) is 38.1 Å². The number of hydrogen-bond acceptors (Lipinski definition) is 4. The van der Waals surface area contributed by atoms with Gasteiger partial charge < -0.3 is 5.73 Å². The van der Waals surface area contributed by atoms with E-state index in [9.17, 15) is 0 Å². The molecule has 0 unspecified atom stereocenters. The van der Waals surface area contributed by atoms with Crippen molar-refractivity contribution in [3.63, 3.8) is 0 Å². The topological polar surface area (TPSA) is 69.6 Å². The quantitative estimate of drug-likeness (QED) is 0.778. The van der Waals surface area contributed by atoms with Crippen molar-refractivity contribution in [3.8, 4) is 11.3 Å². The van der Waals surface area contributed by atoms with Crippen molar-refractivity contribution in [1.82, 2.24) is 19.7 Å². The summed E-state index contributed by atoms with van der Waals surface area (Å²) >= 11 is 0. The lowest BCUT2D eigenvalue weighted by Gasteiger charge is -2.19. The molecule has 0 bridgehead atoms. The summed E-state index contributed by atoms with van der Waals surface area (Å²) in [6, 6.07) is 8.47. The Morgan fingerprint density at radius 2 is 1.70 bits per heavy atom. The van der Waals surface area contributed by atoms with Gasteiger partial charge >= 0.3 is 0 Å². The summed E-state index contributed by atoms with van der Waals surface area (Å²) in [7, 11) is 0. The molecule has 3 rings (SSSR count). The van der Waals surface area contributed by atoms with Gasteiger partial charge in [-0.15, -0.1) is 0 Å². The largest absolute Gasteiger partial charge is 0.383 e. The van der Waals surface area contributed by atoms with Crippen LogP contribution < -0.4 is 5.73 Å². The Balaban J connectivity index is 2.25. The van der Waals surface area contributed by atoms with Crippen molar-refractivity contribution in [3.05, 3.63) is 36.2 Å². The number of benzene rings is 1. The third kappa shape index (κ3) is 2.67. The first-order valence-electron chi connectivity index (χ1n) is 7.89. The van der Waals surface area contributed by atoms with Crippen molar-refractivity contribution in [1.29, 1.82) is 0 Å². The summed E-state index contributed by atoms with van der Waals surface area (Å²) in [6.45, 7) is 10.7. The van der Waals surface area contributed by atoms with E-state index in [0.29, 0.717) is 11.7 Å². The van der Waals surface area contributed by atoms with Crippen LogP contribution in [0.15, 0.2) is 30.6 Å². The van der Waals surface area contributed by atoms with Crippen LogP contribution in [0.5, 0.6) is 0 Å². The molecule has 0 spiro atoms. The maximum Gasteiger partial charge on any atom is 0.164 e. The lowest BCUT2D eigenvalue weighted by molar-refractivity contribution is 0.367. The summed E-state index contributed by atoms with van der Waals surface area (Å²) in [5.41, 5.74) is 9.88. The predicted molar refractivity (Wildman–Crippen MR) is 94.3 cm³/mol. The second kappa shape index (κ2) is 5.33. The number of nitrogen functional groups attached to an aromatic ring is 1. The van der Waals surface area contributed by atoms with E-state index < -0.39 is 0 Å². The van der Waals surface area contributed by atoms with Gasteiger partial charge in [-0.05, 0) is 32.3 Å². The van der Waals surface area contributed by atoms with Gasteiger partial charge in [0.1, 0.15) is 17.8 Å². The van der Waals surface area contributed by atoms with Crippen LogP contribution in [-0.2, 0) is 5.54 Å². The summed E-state index contributed by atoms with van der Waals surface area (Å²) in [6.07, 6.45) is 1.49. The first-order valence-corrected chi connectivity index (χ1v) is 7.89. The highest BCUT2D eigenvalue weighted by Crippen LogP contribution is 2.33. The van der Waals surface area contributed by atoms with Crippen LogP contribution >= 0.6 is 0 Å². The fourth-order valence-electron chi connectivity index (χ4n) is 2.67. The molecule has 120 valence electrons. The molecule has 0 saturated heterocycles. The minimum absolute atomic E-state index is 0.185. The molecule has 0 atom stereocenters. The molecule has 1 aromatic carbocycles. The van der Waals surface area contributed by atoms with Crippen LogP contribution in [0, 0.1) is 0 Å². The number of hydrogen-bond donors (Lipinski definition) is 1. The van der Waals surface area contributed by atoms with Gasteiger partial charge in [0.25, 0.3) is 0 Å². The van der Waals surface area contributed by atoms with E-state index in [1.165, 1.54) is 11.9 Å². The summed E-state index contributed by atoms with van der Waals surface area (Å²) < 4.78 is 1.92. The molecule has 0 aliphatic heterocycles. The Hall–Kier alpha value is -2.43. The molecule has 23 heavy (non-hydrogen) atoms. The fraction of sp³-hybridized carbons (Fsp3) is 0.389. The fourth-order valence-corrected chi connectivity index (χ4v) is 2.67. The highest BCUT2D eigenvalue weighted by molar-refractivity contribution is 5.98. The molecule has 2 aromatic heterocycles. The van der Waals surface area contributed by atoms with E-state index in [1.807, 2.05) is 4.68 Å². The maximum absolute atomic E-state index is 6.12. The SMILES string of the molecule is CC(C)c1ccc(-c2nn(C(C)(C)C)c3ncnc(N)c23)cc1. The van der Waals surface area contributed by atoms with Crippen LogP contribution in [0.3, 0.4) is 0 Å². The molecule has 0 saturated carbocycles. The molecule has 2 heterocycles. The molecule has 3 aromatic rings. The molecule has 0 radical (unpaired) electrons. The molecule has 0 fully saturated rings. The van der Waals surface area contributed by atoms with Gasteiger partial charge in [0.15, 0.2) is 5.65 Å². The van der Waals surface area contributed by atoms with E-state index in [-0.39, 0.29) is 5.54 Å². The van der Waals surface area contributed by atoms with Crippen LogP contribution in [-0.4, -0.2) is 19.7 Å². The zero-order valence-corrected chi connectivity index (χ0v) is 14.3. The average Bonchev–Trinajstić information content (AvgIpc) is 2.88. The Kier molecular flexibility index (Phi) is 3.59. The minimum Gasteiger partial charge on any atom is -0.383 e. The molecule has 0 aliphatic rings. The minimum atomic E-state index is -0.185. The number of nitrogens with zero attached hydrogens (tertiary/aromatic N) is 4. The van der Waals surface area contributed by atoms with Crippen LogP contribution in [0.4, 0.5) is 5.82 Å². The van der Waals surface area contributed by atoms with Crippen LogP contribution in [0.25, 0.3) is 22.3 Å². The third-order valence-corrected chi connectivity index (χ3v) is 3.98. The highest BCUT2D eigenvalue weighted by Gasteiger charge is 2.23. The normalized spacial score (nSPS) is 12.3. The van der Waals surface area contributed by atoms with E-state index >= 15 is 0 Å². The second-order valence-corrected chi connectivity index (χ2v) is 7.17. The van der Waals surface area contributed by atoms with Crippen molar-refractivity contribution < 1.29 is 0 Å². The van der Waals surface area contributed by atoms with E-state index in [2.05, 4.69) is 68.9 Å². The molecular weight excluding hydrogens is 286 g/mol. The van der Waals surface area contributed by atoms with Crippen molar-refractivity contribution in [2.75, 3.05) is 5.73 Å². The Labute approximate surface area is 136 Å². The van der Waals surface area contributed by atoms with Crippen molar-refractivity contribution in [2.24, 2.45) is 0 Å². The number of anilines is 1. The van der Waals surface area contributed by atoms with Crippen molar-refractivity contribution >= 4 is 16.9 Å². The number of rotatable bonds is 2. The van der Waals surface area contributed by atoms with Gasteiger partial charge in [0.2, 0.25) is 0 Å². The molecule has 5 nitrogen and oxygen atoms in total. The summed E-state index contributed by atoms with van der Waals surface area (Å²) in [5, 5.41) is 5.62. The van der Waals surface area contributed by atoms with Gasteiger partial charge in [-0.25, -0.2) is 14.6 Å². The monoisotopic (exact) mass is 309 g/mol. The number of nitrogens with two attached hydrogens (primary N) is 1. The van der Waals surface area contributed by atoms with Gasteiger partial charge in [0.05, 0.1) is 10.9 Å². The first-order chi connectivity index (χ1) is 10.8. The van der Waals surface area contributed by atoms with Gasteiger partial charge in [-0.3, -0.25) is 0 Å². The van der Waals surface area contributed by atoms with Crippen LogP contribution in [0.2, 0.25) is 0 Å². The van der Waals surface area contributed by atoms with Gasteiger partial charge in [0, 0.05) is 5.56 Å².